The first-order chi connectivity index (χ1) is 13.5. The Balaban J connectivity index is 1.51. The number of aryl methyl sites for hydroxylation is 1. The Hall–Kier alpha value is -2.86. The van der Waals surface area contributed by atoms with Crippen LogP contribution in [-0.2, 0) is 19.5 Å². The summed E-state index contributed by atoms with van der Waals surface area (Å²) in [5.74, 6) is 1.83. The molecule has 1 aromatic carbocycles. The van der Waals surface area contributed by atoms with E-state index in [-0.39, 0.29) is 17.8 Å². The van der Waals surface area contributed by atoms with E-state index >= 15 is 0 Å². The fourth-order valence-corrected chi connectivity index (χ4v) is 3.74. The van der Waals surface area contributed by atoms with E-state index in [1.165, 1.54) is 12.1 Å². The average molecular weight is 382 g/mol. The normalized spacial score (nSPS) is 15.2. The minimum absolute atomic E-state index is 0.157. The molecule has 3 heterocycles. The second kappa shape index (κ2) is 7.64. The van der Waals surface area contributed by atoms with Gasteiger partial charge in [0.1, 0.15) is 23.1 Å². The number of halogens is 1. The van der Waals surface area contributed by atoms with Crippen molar-refractivity contribution in [3.05, 3.63) is 82.4 Å². The molecule has 3 aromatic rings. The van der Waals surface area contributed by atoms with Gasteiger partial charge in [-0.25, -0.2) is 4.39 Å². The Labute approximate surface area is 163 Å². The van der Waals surface area contributed by atoms with E-state index in [4.69, 9.17) is 8.83 Å². The third kappa shape index (κ3) is 3.73. The highest BCUT2D eigenvalue weighted by Gasteiger charge is 2.29. The van der Waals surface area contributed by atoms with Gasteiger partial charge in [0.15, 0.2) is 0 Å². The number of nitrogens with zero attached hydrogens (tertiary/aromatic N) is 1. The van der Waals surface area contributed by atoms with Gasteiger partial charge in [0, 0.05) is 31.6 Å². The number of amides is 1. The molecule has 2 aromatic heterocycles. The van der Waals surface area contributed by atoms with E-state index in [9.17, 15) is 9.18 Å². The first kappa shape index (κ1) is 18.5. The molecule has 0 unspecified atom stereocenters. The van der Waals surface area contributed by atoms with E-state index in [1.54, 1.807) is 24.5 Å². The lowest BCUT2D eigenvalue weighted by Crippen LogP contribution is -2.32. The minimum Gasteiger partial charge on any atom is -0.467 e. The van der Waals surface area contributed by atoms with Crippen molar-refractivity contribution in [3.8, 4) is 0 Å². The van der Waals surface area contributed by atoms with E-state index in [0.717, 1.165) is 29.9 Å². The summed E-state index contributed by atoms with van der Waals surface area (Å²) < 4.78 is 24.4. The molecule has 28 heavy (non-hydrogen) atoms. The molecular weight excluding hydrogens is 359 g/mol. The molecule has 1 N–H and O–H groups in total. The molecule has 1 amide bonds. The SMILES string of the molecule is Cc1oc2c(c1C(=O)N[C@@H](C)c1ccco1)CN(Cc1ccc(F)cc1)CC2. The van der Waals surface area contributed by atoms with Crippen LogP contribution in [0.15, 0.2) is 51.5 Å². The van der Waals surface area contributed by atoms with Crippen LogP contribution >= 0.6 is 0 Å². The number of carbonyl (C=O) groups excluding carboxylic acids is 1. The van der Waals surface area contributed by atoms with Gasteiger partial charge in [-0.2, -0.15) is 0 Å². The van der Waals surface area contributed by atoms with Gasteiger partial charge in [0.05, 0.1) is 17.9 Å². The average Bonchev–Trinajstić information content (AvgIpc) is 3.30. The van der Waals surface area contributed by atoms with Gasteiger partial charge in [-0.1, -0.05) is 12.1 Å². The molecule has 0 spiro atoms. The van der Waals surface area contributed by atoms with Gasteiger partial charge in [0.2, 0.25) is 0 Å². The van der Waals surface area contributed by atoms with E-state index in [2.05, 4.69) is 10.2 Å². The van der Waals surface area contributed by atoms with Crippen LogP contribution in [0.5, 0.6) is 0 Å². The monoisotopic (exact) mass is 382 g/mol. The number of rotatable bonds is 5. The van der Waals surface area contributed by atoms with Crippen LogP contribution in [0.2, 0.25) is 0 Å². The number of furan rings is 2. The number of carbonyl (C=O) groups is 1. The Morgan fingerprint density at radius 3 is 2.79 bits per heavy atom. The summed E-state index contributed by atoms with van der Waals surface area (Å²) in [6.45, 7) is 5.88. The van der Waals surface area contributed by atoms with Crippen LogP contribution < -0.4 is 5.32 Å². The largest absolute Gasteiger partial charge is 0.467 e. The van der Waals surface area contributed by atoms with Crippen LogP contribution in [0.1, 0.15) is 51.7 Å². The predicted octanol–water partition coefficient (Wildman–Crippen LogP) is 4.37. The second-order valence-corrected chi connectivity index (χ2v) is 7.23. The number of hydrogen-bond acceptors (Lipinski definition) is 4. The second-order valence-electron chi connectivity index (χ2n) is 7.23. The van der Waals surface area contributed by atoms with E-state index in [0.29, 0.717) is 30.2 Å². The van der Waals surface area contributed by atoms with Gasteiger partial charge in [0.25, 0.3) is 5.91 Å². The van der Waals surface area contributed by atoms with Gasteiger partial charge < -0.3 is 14.2 Å². The molecule has 1 atom stereocenters. The fourth-order valence-electron chi connectivity index (χ4n) is 3.74. The van der Waals surface area contributed by atoms with Crippen molar-refractivity contribution in [2.75, 3.05) is 6.54 Å². The minimum atomic E-state index is -0.236. The molecule has 0 fully saturated rings. The topological polar surface area (TPSA) is 58.6 Å². The molecular formula is C22H23FN2O3. The Bertz CT molecular complexity index is 961. The molecule has 0 bridgehead atoms. The summed E-state index contributed by atoms with van der Waals surface area (Å²) >= 11 is 0. The standard InChI is InChI=1S/C22H23FN2O3/c1-14(19-4-3-11-27-19)24-22(26)21-15(2)28-20-9-10-25(13-18(20)21)12-16-5-7-17(23)8-6-16/h3-8,11,14H,9-10,12-13H2,1-2H3,(H,24,26)/t14-/m0/s1. The first-order valence-corrected chi connectivity index (χ1v) is 9.43. The summed E-state index contributed by atoms with van der Waals surface area (Å²) in [6, 6.07) is 9.95. The molecule has 0 aliphatic carbocycles. The molecule has 4 rings (SSSR count). The summed E-state index contributed by atoms with van der Waals surface area (Å²) in [4.78, 5) is 15.2. The quantitative estimate of drug-likeness (QED) is 0.712. The molecule has 146 valence electrons. The summed E-state index contributed by atoms with van der Waals surface area (Å²) in [5, 5.41) is 2.99. The maximum absolute atomic E-state index is 13.1. The highest BCUT2D eigenvalue weighted by atomic mass is 19.1. The third-order valence-electron chi connectivity index (χ3n) is 5.17. The number of fused-ring (bicyclic) bond motifs is 1. The molecule has 0 radical (unpaired) electrons. The lowest BCUT2D eigenvalue weighted by atomic mass is 10.0. The maximum atomic E-state index is 13.1. The van der Waals surface area contributed by atoms with Gasteiger partial charge in [-0.15, -0.1) is 0 Å². The van der Waals surface area contributed by atoms with Crippen molar-refractivity contribution in [1.82, 2.24) is 10.2 Å². The molecule has 0 saturated carbocycles. The number of nitrogens with one attached hydrogen (secondary N) is 1. The van der Waals surface area contributed by atoms with Crippen LogP contribution in [0.3, 0.4) is 0 Å². The number of hydrogen-bond donors (Lipinski definition) is 1. The lowest BCUT2D eigenvalue weighted by molar-refractivity contribution is 0.0931. The molecule has 1 aliphatic heterocycles. The van der Waals surface area contributed by atoms with Crippen molar-refractivity contribution >= 4 is 5.91 Å². The van der Waals surface area contributed by atoms with Gasteiger partial charge in [-0.3, -0.25) is 9.69 Å². The zero-order chi connectivity index (χ0) is 19.7. The molecule has 6 heteroatoms. The van der Waals surface area contributed by atoms with E-state index < -0.39 is 0 Å². The maximum Gasteiger partial charge on any atom is 0.255 e. The highest BCUT2D eigenvalue weighted by Crippen LogP contribution is 2.29. The summed E-state index contributed by atoms with van der Waals surface area (Å²) in [5.41, 5.74) is 2.59. The van der Waals surface area contributed by atoms with Crippen molar-refractivity contribution in [1.29, 1.82) is 0 Å². The molecule has 1 aliphatic rings. The van der Waals surface area contributed by atoms with Crippen LogP contribution in [0.4, 0.5) is 4.39 Å². The van der Waals surface area contributed by atoms with Crippen LogP contribution in [0.25, 0.3) is 0 Å². The Morgan fingerprint density at radius 2 is 2.07 bits per heavy atom. The first-order valence-electron chi connectivity index (χ1n) is 9.43. The zero-order valence-corrected chi connectivity index (χ0v) is 16.0. The Morgan fingerprint density at radius 1 is 1.29 bits per heavy atom. The third-order valence-corrected chi connectivity index (χ3v) is 5.17. The van der Waals surface area contributed by atoms with Gasteiger partial charge >= 0.3 is 0 Å². The number of benzene rings is 1. The molecule has 0 saturated heterocycles. The predicted molar refractivity (Wildman–Crippen MR) is 102 cm³/mol. The van der Waals surface area contributed by atoms with Crippen LogP contribution in [-0.4, -0.2) is 17.4 Å². The summed E-state index contributed by atoms with van der Waals surface area (Å²) in [6.07, 6.45) is 2.34. The molecule has 5 nitrogen and oxygen atoms in total. The lowest BCUT2D eigenvalue weighted by Gasteiger charge is -2.26. The van der Waals surface area contributed by atoms with Crippen molar-refractivity contribution < 1.29 is 18.0 Å². The van der Waals surface area contributed by atoms with Gasteiger partial charge in [-0.05, 0) is 43.7 Å². The summed E-state index contributed by atoms with van der Waals surface area (Å²) in [7, 11) is 0. The van der Waals surface area contributed by atoms with E-state index in [1.807, 2.05) is 19.9 Å². The van der Waals surface area contributed by atoms with Crippen molar-refractivity contribution in [3.63, 3.8) is 0 Å². The zero-order valence-electron chi connectivity index (χ0n) is 16.0. The Kier molecular flexibility index (Phi) is 5.05. The van der Waals surface area contributed by atoms with Crippen molar-refractivity contribution in [2.45, 2.75) is 39.4 Å². The highest BCUT2D eigenvalue weighted by molar-refractivity contribution is 5.97. The fraction of sp³-hybridized carbons (Fsp3) is 0.318. The van der Waals surface area contributed by atoms with Crippen LogP contribution in [0, 0.1) is 12.7 Å². The van der Waals surface area contributed by atoms with Crippen molar-refractivity contribution in [2.24, 2.45) is 0 Å². The smallest absolute Gasteiger partial charge is 0.255 e.